The number of fused-ring (bicyclic) bond motifs is 1. The van der Waals surface area contributed by atoms with Crippen LogP contribution in [0.1, 0.15) is 25.8 Å². The van der Waals surface area contributed by atoms with Crippen molar-refractivity contribution in [3.8, 4) is 27.9 Å². The summed E-state index contributed by atoms with van der Waals surface area (Å²) in [5.74, 6) is -1.58. The van der Waals surface area contributed by atoms with Gasteiger partial charge in [0, 0.05) is 41.7 Å². The van der Waals surface area contributed by atoms with Crippen LogP contribution in [0, 0.1) is 11.6 Å². The van der Waals surface area contributed by atoms with Gasteiger partial charge < -0.3 is 10.6 Å². The Morgan fingerprint density at radius 1 is 1.00 bits per heavy atom. The summed E-state index contributed by atoms with van der Waals surface area (Å²) in [7, 11) is 0. The van der Waals surface area contributed by atoms with E-state index in [-0.39, 0.29) is 11.5 Å². The van der Waals surface area contributed by atoms with Crippen molar-refractivity contribution in [1.29, 1.82) is 0 Å². The van der Waals surface area contributed by atoms with Gasteiger partial charge in [0.2, 0.25) is 5.91 Å². The Bertz CT molecular complexity index is 1650. The molecule has 1 saturated heterocycles. The Morgan fingerprint density at radius 2 is 1.84 bits per heavy atom. The minimum Gasteiger partial charge on any atom is -0.326 e. The van der Waals surface area contributed by atoms with E-state index in [1.54, 1.807) is 24.5 Å². The predicted octanol–water partition coefficient (Wildman–Crippen LogP) is 5.72. The lowest BCUT2D eigenvalue weighted by molar-refractivity contribution is -0.114. The van der Waals surface area contributed by atoms with Gasteiger partial charge in [-0.05, 0) is 79.5 Å². The molecule has 38 heavy (non-hydrogen) atoms. The topological polar surface area (TPSA) is 76.8 Å². The zero-order chi connectivity index (χ0) is 26.2. The number of nitrogens with one attached hydrogen (secondary N) is 2. The first kappa shape index (κ1) is 24.0. The highest BCUT2D eigenvalue weighted by molar-refractivity contribution is 5.91. The number of rotatable bonds is 5. The summed E-state index contributed by atoms with van der Waals surface area (Å²) in [6, 6.07) is 15.2. The molecular formula is C29H26F2N6O. The van der Waals surface area contributed by atoms with E-state index in [4.69, 9.17) is 0 Å². The monoisotopic (exact) mass is 512 g/mol. The van der Waals surface area contributed by atoms with Crippen molar-refractivity contribution in [3.05, 3.63) is 85.0 Å². The average molecular weight is 513 g/mol. The molecule has 0 atom stereocenters. The van der Waals surface area contributed by atoms with E-state index in [1.165, 1.54) is 19.1 Å². The lowest BCUT2D eigenvalue weighted by atomic mass is 10.0. The molecule has 1 aliphatic heterocycles. The van der Waals surface area contributed by atoms with Gasteiger partial charge in [-0.25, -0.2) is 13.8 Å². The quantitative estimate of drug-likeness (QED) is 0.316. The number of hydrogen-bond acceptors (Lipinski definition) is 4. The second-order valence-electron chi connectivity index (χ2n) is 9.58. The van der Waals surface area contributed by atoms with Crippen LogP contribution in [0.5, 0.6) is 0 Å². The first-order valence-electron chi connectivity index (χ1n) is 12.6. The van der Waals surface area contributed by atoms with Crippen LogP contribution >= 0.6 is 0 Å². The number of nitrogens with zero attached hydrogens (tertiary/aromatic N) is 4. The molecule has 2 aromatic heterocycles. The van der Waals surface area contributed by atoms with Crippen LogP contribution in [0.4, 0.5) is 14.5 Å². The number of aromatic nitrogens is 4. The molecule has 7 nitrogen and oxygen atoms in total. The molecule has 1 amide bonds. The van der Waals surface area contributed by atoms with Gasteiger partial charge in [0.05, 0.1) is 23.3 Å². The number of carbonyl (C=O) groups excluding carboxylic acids is 1. The number of piperidine rings is 1. The van der Waals surface area contributed by atoms with E-state index in [0.717, 1.165) is 54.2 Å². The van der Waals surface area contributed by atoms with E-state index < -0.39 is 11.6 Å². The number of halogens is 2. The van der Waals surface area contributed by atoms with Crippen molar-refractivity contribution in [2.75, 3.05) is 18.4 Å². The molecule has 3 heterocycles. The van der Waals surface area contributed by atoms with Crippen molar-refractivity contribution in [3.63, 3.8) is 0 Å². The Morgan fingerprint density at radius 3 is 2.63 bits per heavy atom. The van der Waals surface area contributed by atoms with E-state index in [9.17, 15) is 13.6 Å². The fourth-order valence-electron chi connectivity index (χ4n) is 5.06. The van der Waals surface area contributed by atoms with E-state index in [2.05, 4.69) is 31.6 Å². The van der Waals surface area contributed by atoms with Gasteiger partial charge in [-0.15, -0.1) is 0 Å². The molecule has 0 bridgehead atoms. The van der Waals surface area contributed by atoms with Crippen molar-refractivity contribution < 1.29 is 13.6 Å². The number of imidazole rings is 1. The zero-order valence-corrected chi connectivity index (χ0v) is 20.8. The fraction of sp³-hybridized carbons (Fsp3) is 0.207. The predicted molar refractivity (Wildman–Crippen MR) is 143 cm³/mol. The molecule has 0 radical (unpaired) electrons. The number of anilines is 1. The number of benzene rings is 3. The number of hydrogen-bond donors (Lipinski definition) is 2. The minimum absolute atomic E-state index is 0.234. The van der Waals surface area contributed by atoms with Crippen LogP contribution in [-0.2, 0) is 4.79 Å². The maximum atomic E-state index is 14.6. The van der Waals surface area contributed by atoms with Crippen LogP contribution in [0.25, 0.3) is 39.0 Å². The lowest BCUT2D eigenvalue weighted by Crippen LogP contribution is -2.29. The molecule has 5 aromatic rings. The van der Waals surface area contributed by atoms with Gasteiger partial charge in [-0.3, -0.25) is 14.0 Å². The molecule has 1 fully saturated rings. The molecule has 0 saturated carbocycles. The highest BCUT2D eigenvalue weighted by Gasteiger charge is 2.17. The summed E-state index contributed by atoms with van der Waals surface area (Å²) in [6.07, 6.45) is 7.80. The third-order valence-electron chi connectivity index (χ3n) is 6.92. The fourth-order valence-corrected chi connectivity index (χ4v) is 5.06. The molecule has 6 rings (SSSR count). The van der Waals surface area contributed by atoms with Gasteiger partial charge >= 0.3 is 0 Å². The first-order chi connectivity index (χ1) is 18.4. The van der Waals surface area contributed by atoms with Gasteiger partial charge in [0.25, 0.3) is 0 Å². The molecule has 1 aliphatic rings. The second-order valence-corrected chi connectivity index (χ2v) is 9.58. The second kappa shape index (κ2) is 9.83. The zero-order valence-electron chi connectivity index (χ0n) is 20.8. The van der Waals surface area contributed by atoms with Crippen molar-refractivity contribution in [2.45, 2.75) is 25.8 Å². The normalized spacial score (nSPS) is 14.2. The summed E-state index contributed by atoms with van der Waals surface area (Å²) in [4.78, 5) is 16.4. The van der Waals surface area contributed by atoms with Crippen LogP contribution < -0.4 is 10.6 Å². The molecule has 9 heteroatoms. The third-order valence-corrected chi connectivity index (χ3v) is 6.92. The standard InChI is InChI=1S/C29H26F2N6O/c1-18(38)35-23-10-20(26-4-3-22(30)13-27(26)31)11-25(14-23)36-17-33-28-12-19(2-5-29(28)36)21-15-34-37(16-21)24-6-8-32-9-7-24/h2-5,10-17,24,32H,6-9H2,1H3,(H,35,38). The number of carbonyl (C=O) groups is 1. The van der Waals surface area contributed by atoms with E-state index >= 15 is 0 Å². The Kier molecular flexibility index (Phi) is 6.21. The van der Waals surface area contributed by atoms with Crippen LogP contribution in [-0.4, -0.2) is 38.3 Å². The maximum Gasteiger partial charge on any atom is 0.221 e. The maximum absolute atomic E-state index is 14.6. The summed E-state index contributed by atoms with van der Waals surface area (Å²) >= 11 is 0. The highest BCUT2D eigenvalue weighted by Crippen LogP contribution is 2.32. The molecule has 0 spiro atoms. The minimum atomic E-state index is -0.680. The molecule has 0 unspecified atom stereocenters. The van der Waals surface area contributed by atoms with Crippen molar-refractivity contribution in [2.24, 2.45) is 0 Å². The van der Waals surface area contributed by atoms with Crippen molar-refractivity contribution >= 4 is 22.6 Å². The Labute approximate surface area is 218 Å². The van der Waals surface area contributed by atoms with Gasteiger partial charge in [-0.2, -0.15) is 5.10 Å². The van der Waals surface area contributed by atoms with Crippen LogP contribution in [0.15, 0.2) is 73.3 Å². The molecule has 192 valence electrons. The summed E-state index contributed by atoms with van der Waals surface area (Å²) in [5.41, 5.74) is 5.61. The average Bonchev–Trinajstić information content (AvgIpc) is 3.56. The smallest absolute Gasteiger partial charge is 0.221 e. The molecule has 0 aliphatic carbocycles. The van der Waals surface area contributed by atoms with Crippen molar-refractivity contribution in [1.82, 2.24) is 24.6 Å². The van der Waals surface area contributed by atoms with Crippen LogP contribution in [0.3, 0.4) is 0 Å². The van der Waals surface area contributed by atoms with Gasteiger partial charge in [0.15, 0.2) is 0 Å². The molecular weight excluding hydrogens is 486 g/mol. The summed E-state index contributed by atoms with van der Waals surface area (Å²) in [6.45, 7) is 3.41. The highest BCUT2D eigenvalue weighted by atomic mass is 19.1. The largest absolute Gasteiger partial charge is 0.326 e. The van der Waals surface area contributed by atoms with Gasteiger partial charge in [-0.1, -0.05) is 6.07 Å². The Hall–Kier alpha value is -4.37. The molecule has 3 aromatic carbocycles. The SMILES string of the molecule is CC(=O)Nc1cc(-c2ccc(F)cc2F)cc(-n2cnc3cc(-c4cnn(C5CCNCC5)c4)ccc32)c1. The first-order valence-corrected chi connectivity index (χ1v) is 12.6. The summed E-state index contributed by atoms with van der Waals surface area (Å²) < 4.78 is 32.1. The van der Waals surface area contributed by atoms with Crippen LogP contribution in [0.2, 0.25) is 0 Å². The van der Waals surface area contributed by atoms with Gasteiger partial charge in [0.1, 0.15) is 18.0 Å². The third kappa shape index (κ3) is 4.68. The lowest BCUT2D eigenvalue weighted by Gasteiger charge is -2.22. The van der Waals surface area contributed by atoms with E-state index in [1.807, 2.05) is 29.0 Å². The summed E-state index contributed by atoms with van der Waals surface area (Å²) in [5, 5.41) is 10.8. The Balaban J connectivity index is 1.38. The van der Waals surface area contributed by atoms with E-state index in [0.29, 0.717) is 23.0 Å². The number of amides is 1. The molecule has 2 N–H and O–H groups in total.